The molecule has 1 aliphatic heterocycles. The predicted octanol–water partition coefficient (Wildman–Crippen LogP) is 3.36. The molecule has 0 unspecified atom stereocenters. The van der Waals surface area contributed by atoms with Gasteiger partial charge in [0.1, 0.15) is 5.69 Å². The van der Waals surface area contributed by atoms with Crippen LogP contribution in [0.25, 0.3) is 0 Å². The van der Waals surface area contributed by atoms with E-state index in [1.807, 2.05) is 11.4 Å². The molecule has 0 N–H and O–H groups in total. The molecular weight excluding hydrogens is 301 g/mol. The van der Waals surface area contributed by atoms with Gasteiger partial charge in [0.05, 0.1) is 5.56 Å². The summed E-state index contributed by atoms with van der Waals surface area (Å²) in [6.07, 6.45) is -2.71. The van der Waals surface area contributed by atoms with Gasteiger partial charge in [-0.3, -0.25) is 9.78 Å². The maximum Gasteiger partial charge on any atom is 0.433 e. The van der Waals surface area contributed by atoms with Crippen LogP contribution in [0, 0.1) is 0 Å². The lowest BCUT2D eigenvalue weighted by atomic mass is 10.1. The molecule has 0 aliphatic carbocycles. The van der Waals surface area contributed by atoms with Crippen molar-refractivity contribution in [3.05, 3.63) is 51.5 Å². The van der Waals surface area contributed by atoms with Gasteiger partial charge in [0.15, 0.2) is 0 Å². The van der Waals surface area contributed by atoms with Crippen LogP contribution >= 0.6 is 11.3 Å². The van der Waals surface area contributed by atoms with Crippen molar-refractivity contribution >= 4 is 17.2 Å². The largest absolute Gasteiger partial charge is 0.433 e. The van der Waals surface area contributed by atoms with E-state index in [0.717, 1.165) is 24.2 Å². The number of amides is 1. The van der Waals surface area contributed by atoms with Crippen LogP contribution in [0.2, 0.25) is 0 Å². The molecule has 1 aliphatic rings. The standard InChI is InChI=1S/C14H11F3N2OS/c15-14(16,17)12-2-1-9(7-18-12)13(20)19-5-3-11-10(8-19)4-6-21-11/h1-2,4,6-7H,3,5,8H2. The Labute approximate surface area is 123 Å². The Morgan fingerprint density at radius 3 is 2.76 bits per heavy atom. The molecule has 2 aromatic rings. The fourth-order valence-corrected chi connectivity index (χ4v) is 3.18. The molecule has 3 rings (SSSR count). The summed E-state index contributed by atoms with van der Waals surface area (Å²) in [5.41, 5.74) is 0.305. The van der Waals surface area contributed by atoms with Crippen molar-refractivity contribution in [2.45, 2.75) is 19.1 Å². The number of carbonyl (C=O) groups excluding carboxylic acids is 1. The van der Waals surface area contributed by atoms with Gasteiger partial charge in [-0.25, -0.2) is 0 Å². The number of halogens is 3. The molecule has 3 heterocycles. The molecule has 21 heavy (non-hydrogen) atoms. The smallest absolute Gasteiger partial charge is 0.334 e. The number of aromatic nitrogens is 1. The SMILES string of the molecule is O=C(c1ccc(C(F)(F)F)nc1)N1CCc2sccc2C1. The summed E-state index contributed by atoms with van der Waals surface area (Å²) in [7, 11) is 0. The van der Waals surface area contributed by atoms with Gasteiger partial charge in [0.2, 0.25) is 0 Å². The van der Waals surface area contributed by atoms with Crippen LogP contribution in [0.15, 0.2) is 29.8 Å². The Bertz CT molecular complexity index is 664. The highest BCUT2D eigenvalue weighted by Gasteiger charge is 2.32. The summed E-state index contributed by atoms with van der Waals surface area (Å²) in [4.78, 5) is 18.5. The van der Waals surface area contributed by atoms with Crippen LogP contribution in [0.3, 0.4) is 0 Å². The number of hydrogen-bond donors (Lipinski definition) is 0. The summed E-state index contributed by atoms with van der Waals surface area (Å²) in [6.45, 7) is 1.08. The highest BCUT2D eigenvalue weighted by atomic mass is 32.1. The molecule has 0 atom stereocenters. The highest BCUT2D eigenvalue weighted by molar-refractivity contribution is 7.10. The Morgan fingerprint density at radius 2 is 2.10 bits per heavy atom. The van der Waals surface area contributed by atoms with Crippen LogP contribution in [-0.4, -0.2) is 22.3 Å². The van der Waals surface area contributed by atoms with Crippen LogP contribution in [0.5, 0.6) is 0 Å². The van der Waals surface area contributed by atoms with Crippen molar-refractivity contribution in [2.75, 3.05) is 6.54 Å². The summed E-state index contributed by atoms with van der Waals surface area (Å²) in [5.74, 6) is -0.284. The molecule has 1 amide bonds. The summed E-state index contributed by atoms with van der Waals surface area (Å²) in [5, 5.41) is 1.98. The van der Waals surface area contributed by atoms with Gasteiger partial charge < -0.3 is 4.90 Å². The Hall–Kier alpha value is -1.89. The molecule has 3 nitrogen and oxygen atoms in total. The number of nitrogens with zero attached hydrogens (tertiary/aromatic N) is 2. The average Bonchev–Trinajstić information content (AvgIpc) is 2.93. The number of carbonyl (C=O) groups is 1. The van der Waals surface area contributed by atoms with Crippen LogP contribution < -0.4 is 0 Å². The quantitative estimate of drug-likeness (QED) is 0.809. The number of thiophene rings is 1. The molecule has 0 spiro atoms. The zero-order chi connectivity index (χ0) is 15.0. The van der Waals surface area contributed by atoms with Crippen molar-refractivity contribution in [3.8, 4) is 0 Å². The molecule has 7 heteroatoms. The third-order valence-corrected chi connectivity index (χ3v) is 4.42. The van der Waals surface area contributed by atoms with E-state index in [2.05, 4.69) is 4.98 Å². The summed E-state index contributed by atoms with van der Waals surface area (Å²) in [6, 6.07) is 4.00. The van der Waals surface area contributed by atoms with E-state index in [9.17, 15) is 18.0 Å². The minimum Gasteiger partial charge on any atom is -0.334 e. The zero-order valence-corrected chi connectivity index (χ0v) is 11.7. The van der Waals surface area contributed by atoms with E-state index < -0.39 is 11.9 Å². The third kappa shape index (κ3) is 2.78. The molecule has 2 aromatic heterocycles. The van der Waals surface area contributed by atoms with Gasteiger partial charge >= 0.3 is 6.18 Å². The lowest BCUT2D eigenvalue weighted by Gasteiger charge is -2.27. The minimum atomic E-state index is -4.49. The van der Waals surface area contributed by atoms with E-state index >= 15 is 0 Å². The first-order valence-corrected chi connectivity index (χ1v) is 7.21. The van der Waals surface area contributed by atoms with Gasteiger partial charge in [-0.1, -0.05) is 0 Å². The lowest BCUT2D eigenvalue weighted by Crippen LogP contribution is -2.35. The van der Waals surface area contributed by atoms with Crippen LogP contribution in [0.4, 0.5) is 13.2 Å². The van der Waals surface area contributed by atoms with Crippen molar-refractivity contribution in [2.24, 2.45) is 0 Å². The number of hydrogen-bond acceptors (Lipinski definition) is 3. The fourth-order valence-electron chi connectivity index (χ4n) is 2.29. The van der Waals surface area contributed by atoms with Gasteiger partial charge in [0, 0.05) is 24.2 Å². The van der Waals surface area contributed by atoms with E-state index in [1.54, 1.807) is 16.2 Å². The third-order valence-electron chi connectivity index (χ3n) is 3.40. The zero-order valence-electron chi connectivity index (χ0n) is 10.9. The number of fused-ring (bicyclic) bond motifs is 1. The predicted molar refractivity (Wildman–Crippen MR) is 72.0 cm³/mol. The van der Waals surface area contributed by atoms with Crippen LogP contribution in [-0.2, 0) is 19.1 Å². The first-order valence-electron chi connectivity index (χ1n) is 6.33. The lowest BCUT2D eigenvalue weighted by molar-refractivity contribution is -0.141. The second kappa shape index (κ2) is 5.14. The van der Waals surface area contributed by atoms with E-state index in [1.165, 1.54) is 10.9 Å². The molecular formula is C14H11F3N2OS. The molecule has 0 fully saturated rings. The Balaban J connectivity index is 1.77. The van der Waals surface area contributed by atoms with E-state index in [-0.39, 0.29) is 11.5 Å². The Kier molecular flexibility index (Phi) is 3.44. The minimum absolute atomic E-state index is 0.182. The van der Waals surface area contributed by atoms with E-state index in [4.69, 9.17) is 0 Å². The number of rotatable bonds is 1. The first kappa shape index (κ1) is 14.1. The van der Waals surface area contributed by atoms with E-state index in [0.29, 0.717) is 13.1 Å². The van der Waals surface area contributed by atoms with Gasteiger partial charge in [-0.05, 0) is 35.6 Å². The molecule has 0 saturated carbocycles. The maximum atomic E-state index is 12.4. The van der Waals surface area contributed by atoms with Gasteiger partial charge in [-0.15, -0.1) is 11.3 Å². The van der Waals surface area contributed by atoms with Gasteiger partial charge in [0.25, 0.3) is 5.91 Å². The monoisotopic (exact) mass is 312 g/mol. The average molecular weight is 312 g/mol. The van der Waals surface area contributed by atoms with Crippen LogP contribution in [0.1, 0.15) is 26.5 Å². The summed E-state index contributed by atoms with van der Waals surface area (Å²) >= 11 is 1.66. The topological polar surface area (TPSA) is 33.2 Å². The van der Waals surface area contributed by atoms with Crippen molar-refractivity contribution in [1.82, 2.24) is 9.88 Å². The van der Waals surface area contributed by atoms with Crippen molar-refractivity contribution in [1.29, 1.82) is 0 Å². The highest BCUT2D eigenvalue weighted by Crippen LogP contribution is 2.28. The fraction of sp³-hybridized carbons (Fsp3) is 0.286. The Morgan fingerprint density at radius 1 is 1.29 bits per heavy atom. The number of alkyl halides is 3. The normalized spacial score (nSPS) is 14.9. The molecule has 0 saturated heterocycles. The van der Waals surface area contributed by atoms with Crippen molar-refractivity contribution < 1.29 is 18.0 Å². The first-order chi connectivity index (χ1) is 9.95. The molecule has 0 bridgehead atoms. The number of pyridine rings is 1. The van der Waals surface area contributed by atoms with Crippen molar-refractivity contribution in [3.63, 3.8) is 0 Å². The second-order valence-corrected chi connectivity index (χ2v) is 5.78. The molecule has 0 aromatic carbocycles. The summed E-state index contributed by atoms with van der Waals surface area (Å²) < 4.78 is 37.3. The maximum absolute atomic E-state index is 12.4. The molecule has 110 valence electrons. The van der Waals surface area contributed by atoms with Gasteiger partial charge in [-0.2, -0.15) is 13.2 Å². The second-order valence-electron chi connectivity index (χ2n) is 4.78. The molecule has 0 radical (unpaired) electrons.